The van der Waals surface area contributed by atoms with Gasteiger partial charge in [0.1, 0.15) is 11.4 Å². The number of rotatable bonds is 8. The average Bonchev–Trinajstić information content (AvgIpc) is 3.77. The van der Waals surface area contributed by atoms with Crippen LogP contribution in [0.1, 0.15) is 73.3 Å². The topological polar surface area (TPSA) is 109 Å². The Morgan fingerprint density at radius 1 is 0.300 bits per heavy atom. The van der Waals surface area contributed by atoms with Crippen LogP contribution in [0.5, 0.6) is 0 Å². The van der Waals surface area contributed by atoms with Gasteiger partial charge in [-0.25, -0.2) is 0 Å². The van der Waals surface area contributed by atoms with Gasteiger partial charge in [0.05, 0.1) is 22.5 Å². The summed E-state index contributed by atoms with van der Waals surface area (Å²) < 4.78 is 0. The summed E-state index contributed by atoms with van der Waals surface area (Å²) >= 11 is 0. The van der Waals surface area contributed by atoms with Crippen molar-refractivity contribution in [2.45, 2.75) is 0 Å². The van der Waals surface area contributed by atoms with Gasteiger partial charge in [-0.05, 0) is 59.7 Å². The van der Waals surface area contributed by atoms with Gasteiger partial charge in [-0.2, -0.15) is 0 Å². The average molecular weight is 781 g/mol. The number of benzene rings is 7. The summed E-state index contributed by atoms with van der Waals surface area (Å²) in [5, 5.41) is 0. The van der Waals surface area contributed by atoms with Crippen molar-refractivity contribution in [3.8, 4) is 0 Å². The van der Waals surface area contributed by atoms with Crippen LogP contribution in [-0.2, 0) is 0 Å². The second-order valence-electron chi connectivity index (χ2n) is 14.1. The molecule has 2 aliphatic heterocycles. The van der Waals surface area contributed by atoms with Crippen LogP contribution in [-0.4, -0.2) is 34.9 Å². The summed E-state index contributed by atoms with van der Waals surface area (Å²) in [6, 6.07) is 53.9. The van der Waals surface area contributed by atoms with Gasteiger partial charge in [0.2, 0.25) is 11.6 Å². The van der Waals surface area contributed by atoms with Gasteiger partial charge >= 0.3 is 0 Å². The molecule has 2 amide bonds. The summed E-state index contributed by atoms with van der Waals surface area (Å²) in [4.78, 5) is 89.5. The molecule has 0 unspecified atom stereocenters. The predicted octanol–water partition coefficient (Wildman–Crippen LogP) is 9.96. The van der Waals surface area contributed by atoms with Gasteiger partial charge in [-0.15, -0.1) is 0 Å². The van der Waals surface area contributed by atoms with E-state index in [9.17, 15) is 28.8 Å². The van der Waals surface area contributed by atoms with Crippen LogP contribution in [0.2, 0.25) is 0 Å². The molecule has 7 aromatic rings. The molecule has 0 bridgehead atoms. The number of carbonyl (C=O) groups excluding carboxylic acids is 6. The number of Topliss-reactive ketones (excluding diaryl/α,β-unsaturated/α-hetero) is 4. The molecule has 286 valence electrons. The smallest absolute Gasteiger partial charge is 0.263 e. The molecule has 8 nitrogen and oxygen atoms in total. The van der Waals surface area contributed by atoms with Crippen molar-refractivity contribution in [1.29, 1.82) is 0 Å². The highest BCUT2D eigenvalue weighted by molar-refractivity contribution is 6.42. The van der Waals surface area contributed by atoms with Crippen molar-refractivity contribution in [3.05, 3.63) is 250 Å². The summed E-state index contributed by atoms with van der Waals surface area (Å²) in [6.45, 7) is 0. The summed E-state index contributed by atoms with van der Waals surface area (Å²) in [7, 11) is 0. The molecule has 2 aliphatic rings. The number of para-hydroxylation sites is 2. The van der Waals surface area contributed by atoms with Gasteiger partial charge in [0.25, 0.3) is 11.8 Å². The molecule has 0 spiro atoms. The molecule has 0 radical (unpaired) electrons. The number of ketones is 4. The van der Waals surface area contributed by atoms with Gasteiger partial charge in [-0.3, -0.25) is 38.6 Å². The fourth-order valence-corrected chi connectivity index (χ4v) is 7.73. The molecule has 7 aromatic carbocycles. The third kappa shape index (κ3) is 6.38. The maximum Gasteiger partial charge on any atom is 0.263 e. The second kappa shape index (κ2) is 15.5. The minimum absolute atomic E-state index is 0.0108. The van der Waals surface area contributed by atoms with Crippen molar-refractivity contribution in [1.82, 2.24) is 0 Å². The minimum Gasteiger partial charge on any atom is -0.289 e. The van der Waals surface area contributed by atoms with Crippen LogP contribution >= 0.6 is 0 Å². The Morgan fingerprint density at radius 3 is 0.917 bits per heavy atom. The highest BCUT2D eigenvalue weighted by atomic mass is 16.2. The maximum atomic E-state index is 14.9. The first-order valence-electron chi connectivity index (χ1n) is 19.2. The van der Waals surface area contributed by atoms with E-state index in [-0.39, 0.29) is 44.8 Å². The highest BCUT2D eigenvalue weighted by Crippen LogP contribution is 2.42. The van der Waals surface area contributed by atoms with Crippen LogP contribution in [0.3, 0.4) is 0 Å². The lowest BCUT2D eigenvalue weighted by Gasteiger charge is -2.22. The van der Waals surface area contributed by atoms with Gasteiger partial charge < -0.3 is 0 Å². The zero-order chi connectivity index (χ0) is 41.3. The van der Waals surface area contributed by atoms with E-state index in [4.69, 9.17) is 0 Å². The van der Waals surface area contributed by atoms with Crippen molar-refractivity contribution in [3.63, 3.8) is 0 Å². The van der Waals surface area contributed by atoms with E-state index in [1.165, 1.54) is 34.1 Å². The van der Waals surface area contributed by atoms with E-state index in [0.717, 1.165) is 0 Å². The number of hydrogen-bond donors (Lipinski definition) is 0. The second-order valence-corrected chi connectivity index (χ2v) is 14.1. The quantitative estimate of drug-likeness (QED) is 0.112. The Bertz CT molecular complexity index is 2750. The highest BCUT2D eigenvalue weighted by Gasteiger charge is 2.42. The SMILES string of the molecule is O=C(/C(=C1\C(=O)c2ccccc2N1C(=O)c1ccccc1)c1ccccc1)c1ccc(C(=O)/C(=C2\C(=O)c3ccccc3N2C(=O)c2ccccc2)c2ccccc2)cc1. The maximum absolute atomic E-state index is 14.9. The third-order valence-electron chi connectivity index (χ3n) is 10.6. The Labute approximate surface area is 345 Å². The number of amides is 2. The van der Waals surface area contributed by atoms with Crippen LogP contribution in [0.25, 0.3) is 11.1 Å². The molecule has 0 aliphatic carbocycles. The molecule has 0 aromatic heterocycles. The van der Waals surface area contributed by atoms with E-state index in [0.29, 0.717) is 33.6 Å². The Hall–Kier alpha value is -8.36. The van der Waals surface area contributed by atoms with E-state index >= 15 is 0 Å². The minimum atomic E-state index is -0.551. The standard InChI is InChI=1S/C52H32N2O6/c55-47(43(33-17-5-1-6-18-33)45-49(57)39-25-13-15-27-41(39)53(45)51(59)37-21-9-3-10-22-37)35-29-31-36(32-30-35)48(56)44(34-19-7-2-8-20-34)46-50(58)40-26-14-16-28-42(40)54(46)52(60)38-23-11-4-12-24-38/h1-32H/b45-43+,46-44+. The van der Waals surface area contributed by atoms with E-state index < -0.39 is 34.9 Å². The van der Waals surface area contributed by atoms with Crippen molar-refractivity contribution >= 4 is 57.5 Å². The first-order valence-corrected chi connectivity index (χ1v) is 19.2. The molecule has 60 heavy (non-hydrogen) atoms. The number of fused-ring (bicyclic) bond motifs is 2. The molecule has 0 saturated heterocycles. The molecular weight excluding hydrogens is 749 g/mol. The zero-order valence-corrected chi connectivity index (χ0v) is 31.8. The van der Waals surface area contributed by atoms with Gasteiger partial charge in [0.15, 0.2) is 11.6 Å². The largest absolute Gasteiger partial charge is 0.289 e. The van der Waals surface area contributed by atoms with E-state index in [2.05, 4.69) is 0 Å². The Balaban J connectivity index is 1.17. The monoisotopic (exact) mass is 780 g/mol. The normalized spacial score (nSPS) is 14.7. The van der Waals surface area contributed by atoms with Crippen molar-refractivity contribution < 1.29 is 28.8 Å². The number of anilines is 2. The van der Waals surface area contributed by atoms with Crippen LogP contribution in [0.15, 0.2) is 206 Å². The van der Waals surface area contributed by atoms with E-state index in [1.54, 1.807) is 170 Å². The molecular formula is C52H32N2O6. The molecule has 0 N–H and O–H groups in total. The van der Waals surface area contributed by atoms with Crippen LogP contribution in [0.4, 0.5) is 11.4 Å². The molecule has 0 saturated carbocycles. The zero-order valence-electron chi connectivity index (χ0n) is 31.8. The lowest BCUT2D eigenvalue weighted by molar-refractivity contribution is 0.0970. The predicted molar refractivity (Wildman–Crippen MR) is 230 cm³/mol. The number of nitrogens with zero attached hydrogens (tertiary/aromatic N) is 2. The lowest BCUT2D eigenvalue weighted by atomic mass is 9.90. The van der Waals surface area contributed by atoms with E-state index in [1.807, 2.05) is 0 Å². The number of allylic oxidation sites excluding steroid dienone is 4. The Morgan fingerprint density at radius 2 is 0.583 bits per heavy atom. The number of hydrogen-bond acceptors (Lipinski definition) is 6. The van der Waals surface area contributed by atoms with Crippen molar-refractivity contribution in [2.75, 3.05) is 9.80 Å². The van der Waals surface area contributed by atoms with Crippen molar-refractivity contribution in [2.24, 2.45) is 0 Å². The third-order valence-corrected chi connectivity index (χ3v) is 10.6. The van der Waals surface area contributed by atoms with Crippen LogP contribution in [0, 0.1) is 0 Å². The number of carbonyl (C=O) groups is 6. The first kappa shape index (κ1) is 37.2. The lowest BCUT2D eigenvalue weighted by Crippen LogP contribution is -2.31. The fraction of sp³-hybridized carbons (Fsp3) is 0. The van der Waals surface area contributed by atoms with Gasteiger partial charge in [0, 0.05) is 33.4 Å². The fourth-order valence-electron chi connectivity index (χ4n) is 7.73. The first-order chi connectivity index (χ1) is 29.3. The summed E-state index contributed by atoms with van der Waals surface area (Å²) in [5.41, 5.74) is 2.93. The van der Waals surface area contributed by atoms with Gasteiger partial charge in [-0.1, -0.05) is 146 Å². The molecule has 9 rings (SSSR count). The molecule has 0 atom stereocenters. The molecule has 2 heterocycles. The Kier molecular flexibility index (Phi) is 9.64. The molecule has 8 heteroatoms. The summed E-state index contributed by atoms with van der Waals surface area (Å²) in [5.74, 6) is -3.02. The van der Waals surface area contributed by atoms with Crippen LogP contribution < -0.4 is 9.80 Å². The molecule has 0 fully saturated rings. The summed E-state index contributed by atoms with van der Waals surface area (Å²) in [6.07, 6.45) is 0.